The number of nitro benzene ring substituents is 1. The first-order valence-electron chi connectivity index (χ1n) is 7.73. The fourth-order valence-electron chi connectivity index (χ4n) is 2.57. The lowest BCUT2D eigenvalue weighted by Gasteiger charge is -2.08. The number of nitrogens with one attached hydrogen (secondary N) is 1. The second kappa shape index (κ2) is 7.08. The summed E-state index contributed by atoms with van der Waals surface area (Å²) in [5, 5.41) is 22.4. The SMILES string of the molecule is Cc1cc(C)n2c(SCC(=O)Nc3c(C)cccc3[N+](=O)[O-])nnc2n1. The lowest BCUT2D eigenvalue weighted by molar-refractivity contribution is -0.384. The number of thioether (sulfide) groups is 1. The van der Waals surface area contributed by atoms with Gasteiger partial charge in [-0.25, -0.2) is 4.98 Å². The Morgan fingerprint density at radius 1 is 1.31 bits per heavy atom. The summed E-state index contributed by atoms with van der Waals surface area (Å²) in [6, 6.07) is 6.55. The van der Waals surface area contributed by atoms with Crippen LogP contribution < -0.4 is 5.32 Å². The molecule has 1 aromatic carbocycles. The molecule has 9 nitrogen and oxygen atoms in total. The van der Waals surface area contributed by atoms with Crippen LogP contribution in [0.3, 0.4) is 0 Å². The number of fused-ring (bicyclic) bond motifs is 1. The molecule has 0 radical (unpaired) electrons. The number of hydrogen-bond acceptors (Lipinski definition) is 7. The Hall–Kier alpha value is -3.01. The molecule has 2 heterocycles. The largest absolute Gasteiger partial charge is 0.319 e. The third-order valence-corrected chi connectivity index (χ3v) is 4.64. The van der Waals surface area contributed by atoms with Crippen LogP contribution in [0.5, 0.6) is 0 Å². The first kappa shape index (κ1) is 17.8. The maximum Gasteiger partial charge on any atom is 0.293 e. The van der Waals surface area contributed by atoms with Gasteiger partial charge in [0, 0.05) is 17.5 Å². The Kier molecular flexibility index (Phi) is 4.85. The summed E-state index contributed by atoms with van der Waals surface area (Å²) in [5.74, 6) is 0.154. The van der Waals surface area contributed by atoms with Crippen molar-refractivity contribution >= 4 is 34.8 Å². The van der Waals surface area contributed by atoms with Crippen molar-refractivity contribution in [3.8, 4) is 0 Å². The molecule has 1 N–H and O–H groups in total. The highest BCUT2D eigenvalue weighted by Gasteiger charge is 2.18. The van der Waals surface area contributed by atoms with Crippen molar-refractivity contribution in [2.75, 3.05) is 11.1 Å². The van der Waals surface area contributed by atoms with Gasteiger partial charge in [0.2, 0.25) is 5.91 Å². The topological polar surface area (TPSA) is 115 Å². The van der Waals surface area contributed by atoms with Gasteiger partial charge >= 0.3 is 0 Å². The smallest absolute Gasteiger partial charge is 0.293 e. The summed E-state index contributed by atoms with van der Waals surface area (Å²) in [7, 11) is 0. The lowest BCUT2D eigenvalue weighted by Crippen LogP contribution is -2.16. The molecule has 0 saturated heterocycles. The zero-order valence-electron chi connectivity index (χ0n) is 14.4. The van der Waals surface area contributed by atoms with E-state index in [1.807, 2.05) is 19.9 Å². The van der Waals surface area contributed by atoms with Crippen LogP contribution in [0, 0.1) is 30.9 Å². The average molecular weight is 372 g/mol. The molecular weight excluding hydrogens is 356 g/mol. The minimum absolute atomic E-state index is 0.0413. The van der Waals surface area contributed by atoms with Gasteiger partial charge in [0.05, 0.1) is 10.7 Å². The highest BCUT2D eigenvalue weighted by atomic mass is 32.2. The zero-order chi connectivity index (χ0) is 18.8. The standard InChI is InChI=1S/C16H16N6O3S/c1-9-5-4-6-12(22(24)25)14(9)18-13(23)8-26-16-20-19-15-17-10(2)7-11(3)21(15)16/h4-7H,8H2,1-3H3,(H,18,23). The Balaban J connectivity index is 1.76. The van der Waals surface area contributed by atoms with Crippen LogP contribution >= 0.6 is 11.8 Å². The van der Waals surface area contributed by atoms with Gasteiger partial charge < -0.3 is 5.32 Å². The van der Waals surface area contributed by atoms with Gasteiger partial charge in [-0.1, -0.05) is 23.9 Å². The number of benzene rings is 1. The molecule has 3 rings (SSSR count). The number of hydrogen-bond donors (Lipinski definition) is 1. The van der Waals surface area contributed by atoms with Crippen LogP contribution in [-0.4, -0.2) is 36.2 Å². The van der Waals surface area contributed by atoms with Crippen molar-refractivity contribution in [2.24, 2.45) is 0 Å². The number of amides is 1. The monoisotopic (exact) mass is 372 g/mol. The van der Waals surface area contributed by atoms with Crippen LogP contribution in [0.2, 0.25) is 0 Å². The maximum atomic E-state index is 12.3. The highest BCUT2D eigenvalue weighted by molar-refractivity contribution is 7.99. The van der Waals surface area contributed by atoms with Crippen molar-refractivity contribution < 1.29 is 9.72 Å². The van der Waals surface area contributed by atoms with Crippen LogP contribution in [-0.2, 0) is 4.79 Å². The number of anilines is 1. The third kappa shape index (κ3) is 3.49. The number of aryl methyl sites for hydroxylation is 3. The Labute approximate surface area is 153 Å². The minimum atomic E-state index is -0.515. The molecule has 0 saturated carbocycles. The number of para-hydroxylation sites is 1. The molecule has 3 aromatic rings. The second-order valence-electron chi connectivity index (χ2n) is 5.72. The van der Waals surface area contributed by atoms with Crippen molar-refractivity contribution in [3.05, 3.63) is 51.3 Å². The van der Waals surface area contributed by atoms with E-state index in [1.165, 1.54) is 17.8 Å². The molecule has 2 aromatic heterocycles. The minimum Gasteiger partial charge on any atom is -0.319 e. The lowest BCUT2D eigenvalue weighted by atomic mass is 10.1. The Bertz CT molecular complexity index is 1020. The number of carbonyl (C=O) groups is 1. The van der Waals surface area contributed by atoms with Gasteiger partial charge in [-0.15, -0.1) is 10.2 Å². The molecule has 0 aliphatic rings. The average Bonchev–Trinajstić information content (AvgIpc) is 2.97. The highest BCUT2D eigenvalue weighted by Crippen LogP contribution is 2.28. The van der Waals surface area contributed by atoms with Gasteiger partial charge in [-0.05, 0) is 32.4 Å². The van der Waals surface area contributed by atoms with Crippen molar-refractivity contribution in [2.45, 2.75) is 25.9 Å². The molecule has 0 aliphatic heterocycles. The summed E-state index contributed by atoms with van der Waals surface area (Å²) >= 11 is 1.19. The predicted octanol–water partition coefficient (Wildman–Crippen LogP) is 2.69. The van der Waals surface area contributed by atoms with E-state index < -0.39 is 4.92 Å². The number of nitro groups is 1. The van der Waals surface area contributed by atoms with Crippen LogP contribution in [0.4, 0.5) is 11.4 Å². The van der Waals surface area contributed by atoms with E-state index >= 15 is 0 Å². The van der Waals surface area contributed by atoms with Gasteiger partial charge in [-0.2, -0.15) is 0 Å². The molecule has 26 heavy (non-hydrogen) atoms. The predicted molar refractivity (Wildman–Crippen MR) is 97.4 cm³/mol. The van der Waals surface area contributed by atoms with E-state index in [0.717, 1.165) is 11.4 Å². The first-order valence-corrected chi connectivity index (χ1v) is 8.71. The summed E-state index contributed by atoms with van der Waals surface area (Å²) in [4.78, 5) is 27.2. The Morgan fingerprint density at radius 3 is 2.81 bits per heavy atom. The number of carbonyl (C=O) groups excluding carboxylic acids is 1. The van der Waals surface area contributed by atoms with E-state index in [-0.39, 0.29) is 23.0 Å². The Morgan fingerprint density at radius 2 is 2.08 bits per heavy atom. The molecule has 134 valence electrons. The molecule has 0 atom stereocenters. The molecule has 0 fully saturated rings. The van der Waals surface area contributed by atoms with Gasteiger partial charge in [0.25, 0.3) is 11.5 Å². The quantitative estimate of drug-likeness (QED) is 0.416. The normalized spacial score (nSPS) is 10.9. The zero-order valence-corrected chi connectivity index (χ0v) is 15.2. The molecule has 1 amide bonds. The van der Waals surface area contributed by atoms with E-state index in [4.69, 9.17) is 0 Å². The van der Waals surface area contributed by atoms with E-state index in [1.54, 1.807) is 23.5 Å². The second-order valence-corrected chi connectivity index (χ2v) is 6.66. The van der Waals surface area contributed by atoms with Crippen molar-refractivity contribution in [1.29, 1.82) is 0 Å². The van der Waals surface area contributed by atoms with E-state index in [2.05, 4.69) is 20.5 Å². The molecule has 0 bridgehead atoms. The first-order chi connectivity index (χ1) is 12.4. The fraction of sp³-hybridized carbons (Fsp3) is 0.250. The van der Waals surface area contributed by atoms with Gasteiger partial charge in [-0.3, -0.25) is 19.3 Å². The molecular formula is C16H16N6O3S. The van der Waals surface area contributed by atoms with Gasteiger partial charge in [0.1, 0.15) is 5.69 Å². The number of nitrogens with zero attached hydrogens (tertiary/aromatic N) is 5. The summed E-state index contributed by atoms with van der Waals surface area (Å²) < 4.78 is 1.77. The van der Waals surface area contributed by atoms with E-state index in [0.29, 0.717) is 16.5 Å². The summed E-state index contributed by atoms with van der Waals surface area (Å²) in [5.41, 5.74) is 2.45. The maximum absolute atomic E-state index is 12.3. The van der Waals surface area contributed by atoms with E-state index in [9.17, 15) is 14.9 Å². The molecule has 0 aliphatic carbocycles. The van der Waals surface area contributed by atoms with Gasteiger partial charge in [0.15, 0.2) is 5.16 Å². The van der Waals surface area contributed by atoms with Crippen LogP contribution in [0.1, 0.15) is 17.0 Å². The molecule has 0 spiro atoms. The van der Waals surface area contributed by atoms with Crippen molar-refractivity contribution in [3.63, 3.8) is 0 Å². The van der Waals surface area contributed by atoms with Crippen LogP contribution in [0.25, 0.3) is 5.78 Å². The number of aromatic nitrogens is 4. The van der Waals surface area contributed by atoms with Crippen LogP contribution in [0.15, 0.2) is 29.4 Å². The summed E-state index contributed by atoms with van der Waals surface area (Å²) in [6.07, 6.45) is 0. The summed E-state index contributed by atoms with van der Waals surface area (Å²) in [6.45, 7) is 5.49. The molecule has 0 unspecified atom stereocenters. The third-order valence-electron chi connectivity index (χ3n) is 3.71. The van der Waals surface area contributed by atoms with Crippen molar-refractivity contribution in [1.82, 2.24) is 19.6 Å². The number of rotatable bonds is 5. The molecule has 10 heteroatoms. The fourth-order valence-corrected chi connectivity index (χ4v) is 3.35.